The molecule has 9 nitrogen and oxygen atoms in total. The van der Waals surface area contributed by atoms with E-state index in [2.05, 4.69) is 45.7 Å². The molecule has 0 unspecified atom stereocenters. The van der Waals surface area contributed by atoms with Gasteiger partial charge in [0.25, 0.3) is 0 Å². The number of nitrogens with one attached hydrogen (secondary N) is 1. The lowest BCUT2D eigenvalue weighted by Gasteiger charge is -2.44. The van der Waals surface area contributed by atoms with Gasteiger partial charge in [0.2, 0.25) is 5.91 Å². The number of piperazine rings is 1. The Morgan fingerprint density at radius 3 is 2.19 bits per heavy atom. The van der Waals surface area contributed by atoms with Crippen LogP contribution in [0.25, 0.3) is 0 Å². The molecule has 3 fully saturated rings. The third kappa shape index (κ3) is 7.05. The molecule has 1 N–H and O–H groups in total. The molecule has 0 aliphatic carbocycles. The lowest BCUT2D eigenvalue weighted by molar-refractivity contribution is -0.149. The number of amides is 3. The van der Waals surface area contributed by atoms with E-state index in [4.69, 9.17) is 4.74 Å². The third-order valence-electron chi connectivity index (χ3n) is 7.66. The Labute approximate surface area is 214 Å². The largest absolute Gasteiger partial charge is 0.465 e. The van der Waals surface area contributed by atoms with Crippen LogP contribution in [0.15, 0.2) is 30.3 Å². The highest BCUT2D eigenvalue weighted by atomic mass is 16.5. The van der Waals surface area contributed by atoms with Crippen molar-refractivity contribution in [3.05, 3.63) is 35.9 Å². The van der Waals surface area contributed by atoms with Crippen molar-refractivity contribution in [1.82, 2.24) is 25.1 Å². The lowest BCUT2D eigenvalue weighted by atomic mass is 9.91. The number of hydrazine groups is 1. The number of rotatable bonds is 7. The summed E-state index contributed by atoms with van der Waals surface area (Å²) in [5.74, 6) is -0.310. The van der Waals surface area contributed by atoms with Crippen LogP contribution in [0.5, 0.6) is 0 Å². The van der Waals surface area contributed by atoms with Crippen molar-refractivity contribution >= 4 is 17.9 Å². The number of hydrogen-bond acceptors (Lipinski definition) is 7. The van der Waals surface area contributed by atoms with Crippen LogP contribution in [0.1, 0.15) is 38.2 Å². The van der Waals surface area contributed by atoms with Crippen molar-refractivity contribution < 1.29 is 19.1 Å². The maximum absolute atomic E-state index is 13.4. The summed E-state index contributed by atoms with van der Waals surface area (Å²) in [4.78, 5) is 41.7. The van der Waals surface area contributed by atoms with Gasteiger partial charge in [-0.1, -0.05) is 30.3 Å². The van der Waals surface area contributed by atoms with Crippen LogP contribution in [0.2, 0.25) is 0 Å². The standard InChI is InChI=1S/C27H41N5O4/c1-2-36-25(33)21-32(26(34)24-8-12-28-13-9-24)27(35)29-16-18-31(19-17-29)30-14-10-23(11-15-30)20-22-6-4-3-5-7-22/h3-7,23-24,28H,2,8-21H2,1H3. The van der Waals surface area contributed by atoms with Crippen LogP contribution in [0.4, 0.5) is 4.79 Å². The van der Waals surface area contributed by atoms with Gasteiger partial charge in [-0.05, 0) is 63.6 Å². The minimum absolute atomic E-state index is 0.225. The van der Waals surface area contributed by atoms with E-state index < -0.39 is 5.97 Å². The zero-order valence-corrected chi connectivity index (χ0v) is 21.6. The van der Waals surface area contributed by atoms with Gasteiger partial charge < -0.3 is 15.0 Å². The van der Waals surface area contributed by atoms with Crippen molar-refractivity contribution in [3.63, 3.8) is 0 Å². The number of carbonyl (C=O) groups is 3. The lowest BCUT2D eigenvalue weighted by Crippen LogP contribution is -2.59. The van der Waals surface area contributed by atoms with E-state index in [1.807, 2.05) is 0 Å². The van der Waals surface area contributed by atoms with E-state index in [-0.39, 0.29) is 31.0 Å². The van der Waals surface area contributed by atoms with Crippen LogP contribution in [0, 0.1) is 11.8 Å². The molecule has 4 rings (SSSR count). The molecule has 9 heteroatoms. The molecule has 3 saturated heterocycles. The van der Waals surface area contributed by atoms with Crippen LogP contribution in [-0.4, -0.2) is 103 Å². The highest BCUT2D eigenvalue weighted by molar-refractivity contribution is 5.98. The van der Waals surface area contributed by atoms with Gasteiger partial charge in [-0.15, -0.1) is 0 Å². The molecule has 0 aromatic heterocycles. The number of ether oxygens (including phenoxy) is 1. The number of urea groups is 1. The van der Waals surface area contributed by atoms with Crippen molar-refractivity contribution in [2.45, 2.75) is 39.0 Å². The van der Waals surface area contributed by atoms with Crippen LogP contribution in [0.3, 0.4) is 0 Å². The molecule has 0 radical (unpaired) electrons. The van der Waals surface area contributed by atoms with Gasteiger partial charge >= 0.3 is 12.0 Å². The molecule has 3 heterocycles. The monoisotopic (exact) mass is 499 g/mol. The van der Waals surface area contributed by atoms with Gasteiger partial charge in [-0.3, -0.25) is 14.5 Å². The van der Waals surface area contributed by atoms with E-state index in [0.29, 0.717) is 31.8 Å². The average Bonchev–Trinajstić information content (AvgIpc) is 2.93. The predicted octanol–water partition coefficient (Wildman–Crippen LogP) is 1.99. The van der Waals surface area contributed by atoms with Gasteiger partial charge in [0.1, 0.15) is 6.54 Å². The summed E-state index contributed by atoms with van der Waals surface area (Å²) in [5.41, 5.74) is 1.41. The third-order valence-corrected chi connectivity index (χ3v) is 7.66. The Balaban J connectivity index is 1.28. The Kier molecular flexibility index (Phi) is 9.72. The van der Waals surface area contributed by atoms with E-state index in [1.54, 1.807) is 11.8 Å². The van der Waals surface area contributed by atoms with Gasteiger partial charge in [-0.2, -0.15) is 0 Å². The molecule has 0 spiro atoms. The first kappa shape index (κ1) is 26.6. The zero-order chi connectivity index (χ0) is 25.3. The number of imide groups is 1. The first-order valence-electron chi connectivity index (χ1n) is 13.6. The van der Waals surface area contributed by atoms with E-state index in [0.717, 1.165) is 50.6 Å². The van der Waals surface area contributed by atoms with E-state index in [1.165, 1.54) is 18.4 Å². The van der Waals surface area contributed by atoms with Gasteiger partial charge in [0.05, 0.1) is 6.61 Å². The van der Waals surface area contributed by atoms with Gasteiger partial charge in [-0.25, -0.2) is 14.8 Å². The first-order valence-corrected chi connectivity index (χ1v) is 13.6. The number of benzene rings is 1. The smallest absolute Gasteiger partial charge is 0.327 e. The Bertz CT molecular complexity index is 860. The molecule has 1 aromatic rings. The van der Waals surface area contributed by atoms with Gasteiger partial charge in [0.15, 0.2) is 0 Å². The summed E-state index contributed by atoms with van der Waals surface area (Å²) in [6.07, 6.45) is 4.84. The fraction of sp³-hybridized carbons (Fsp3) is 0.667. The molecule has 198 valence electrons. The maximum Gasteiger partial charge on any atom is 0.327 e. The molecule has 36 heavy (non-hydrogen) atoms. The van der Waals surface area contributed by atoms with Crippen LogP contribution < -0.4 is 5.32 Å². The highest BCUT2D eigenvalue weighted by Gasteiger charge is 2.36. The molecule has 0 saturated carbocycles. The zero-order valence-electron chi connectivity index (χ0n) is 21.6. The molecule has 3 aliphatic rings. The molecule has 0 bridgehead atoms. The number of carbonyl (C=O) groups excluding carboxylic acids is 3. The SMILES string of the molecule is CCOC(=O)CN(C(=O)C1CCNCC1)C(=O)N1CCN(N2CCC(Cc3ccccc3)CC2)CC1. The maximum atomic E-state index is 13.4. The fourth-order valence-corrected chi connectivity index (χ4v) is 5.56. The Hall–Kier alpha value is -2.49. The van der Waals surface area contributed by atoms with Crippen molar-refractivity contribution in [3.8, 4) is 0 Å². The quantitative estimate of drug-likeness (QED) is 0.574. The molecular weight excluding hydrogens is 458 g/mol. The minimum Gasteiger partial charge on any atom is -0.465 e. The number of piperidine rings is 2. The summed E-state index contributed by atoms with van der Waals surface area (Å²) in [6, 6.07) is 10.3. The Morgan fingerprint density at radius 1 is 0.917 bits per heavy atom. The summed E-state index contributed by atoms with van der Waals surface area (Å²) >= 11 is 0. The second-order valence-electron chi connectivity index (χ2n) is 10.1. The average molecular weight is 500 g/mol. The predicted molar refractivity (Wildman–Crippen MR) is 137 cm³/mol. The summed E-state index contributed by atoms with van der Waals surface area (Å²) in [5, 5.41) is 8.03. The fourth-order valence-electron chi connectivity index (χ4n) is 5.56. The normalized spacial score (nSPS) is 20.8. The van der Waals surface area contributed by atoms with Crippen molar-refractivity contribution in [2.75, 3.05) is 65.5 Å². The first-order chi connectivity index (χ1) is 17.5. The second-order valence-corrected chi connectivity index (χ2v) is 10.1. The van der Waals surface area contributed by atoms with Gasteiger partial charge in [0, 0.05) is 45.2 Å². The van der Waals surface area contributed by atoms with E-state index in [9.17, 15) is 14.4 Å². The second kappa shape index (κ2) is 13.2. The van der Waals surface area contributed by atoms with Crippen molar-refractivity contribution in [1.29, 1.82) is 0 Å². The van der Waals surface area contributed by atoms with Crippen molar-refractivity contribution in [2.24, 2.45) is 11.8 Å². The number of nitrogens with zero attached hydrogens (tertiary/aromatic N) is 4. The van der Waals surface area contributed by atoms with E-state index >= 15 is 0 Å². The minimum atomic E-state index is -0.537. The van der Waals surface area contributed by atoms with Crippen LogP contribution >= 0.6 is 0 Å². The molecule has 3 amide bonds. The molecule has 0 atom stereocenters. The van der Waals surface area contributed by atoms with Crippen LogP contribution in [-0.2, 0) is 20.7 Å². The number of esters is 1. The Morgan fingerprint density at radius 2 is 1.56 bits per heavy atom. The molecule has 3 aliphatic heterocycles. The highest BCUT2D eigenvalue weighted by Crippen LogP contribution is 2.24. The summed E-state index contributed by atoms with van der Waals surface area (Å²) in [6.45, 7) is 7.77. The summed E-state index contributed by atoms with van der Waals surface area (Å²) < 4.78 is 5.06. The topological polar surface area (TPSA) is 85.4 Å². The summed E-state index contributed by atoms with van der Waals surface area (Å²) in [7, 11) is 0. The number of hydrogen-bond donors (Lipinski definition) is 1. The molecule has 1 aromatic carbocycles. The molecular formula is C27H41N5O4.